The van der Waals surface area contributed by atoms with E-state index in [2.05, 4.69) is 27.0 Å². The number of methoxy groups -OCH3 is 1. The second kappa shape index (κ2) is 6.98. The Morgan fingerprint density at radius 2 is 2.30 bits per heavy atom. The Labute approximate surface area is 121 Å². The van der Waals surface area contributed by atoms with Crippen molar-refractivity contribution < 1.29 is 9.84 Å². The molecule has 0 amide bonds. The van der Waals surface area contributed by atoms with Crippen molar-refractivity contribution >= 4 is 11.8 Å². The van der Waals surface area contributed by atoms with Gasteiger partial charge in [0, 0.05) is 5.75 Å². The molecule has 0 saturated carbocycles. The normalized spacial score (nSPS) is 9.95. The van der Waals surface area contributed by atoms with Crippen molar-refractivity contribution in [1.82, 2.24) is 15.2 Å². The van der Waals surface area contributed by atoms with Gasteiger partial charge in [-0.15, -0.1) is 5.10 Å². The van der Waals surface area contributed by atoms with Crippen molar-refractivity contribution in [1.29, 1.82) is 0 Å². The van der Waals surface area contributed by atoms with Crippen LogP contribution in [0.5, 0.6) is 5.75 Å². The molecule has 0 aliphatic heterocycles. The second-order valence-corrected chi connectivity index (χ2v) is 4.93. The fourth-order valence-corrected chi connectivity index (χ4v) is 2.40. The van der Waals surface area contributed by atoms with Crippen LogP contribution in [-0.2, 0) is 5.75 Å². The van der Waals surface area contributed by atoms with Crippen molar-refractivity contribution in [2.75, 3.05) is 13.7 Å². The van der Waals surface area contributed by atoms with Gasteiger partial charge in [0.05, 0.1) is 12.7 Å². The number of aromatic amines is 1. The zero-order valence-corrected chi connectivity index (χ0v) is 12.1. The van der Waals surface area contributed by atoms with Gasteiger partial charge in [0.25, 0.3) is 0 Å². The van der Waals surface area contributed by atoms with Gasteiger partial charge in [-0.1, -0.05) is 29.7 Å². The molecular weight excluding hydrogens is 274 g/mol. The van der Waals surface area contributed by atoms with Crippen LogP contribution in [0.4, 0.5) is 0 Å². The molecule has 1 aromatic heterocycles. The number of thioether (sulfide) groups is 1. The topological polar surface area (TPSA) is 71.0 Å². The van der Waals surface area contributed by atoms with Crippen molar-refractivity contribution in [2.45, 2.75) is 17.8 Å². The van der Waals surface area contributed by atoms with E-state index in [-0.39, 0.29) is 6.61 Å². The molecule has 0 radical (unpaired) electrons. The number of nitrogens with zero attached hydrogens (tertiary/aromatic N) is 2. The monoisotopic (exact) mass is 289 g/mol. The number of aryl methyl sites for hydroxylation is 1. The number of H-pyrrole nitrogens is 1. The lowest BCUT2D eigenvalue weighted by Crippen LogP contribution is -1.91. The van der Waals surface area contributed by atoms with Crippen LogP contribution in [0.15, 0.2) is 23.4 Å². The molecule has 2 N–H and O–H groups in total. The third-order valence-electron chi connectivity index (χ3n) is 2.51. The van der Waals surface area contributed by atoms with Gasteiger partial charge in [-0.25, -0.2) is 4.98 Å². The number of hydrogen-bond acceptors (Lipinski definition) is 5. The largest absolute Gasteiger partial charge is 0.495 e. The molecular formula is C14H15N3O2S. The zero-order valence-electron chi connectivity index (χ0n) is 11.3. The van der Waals surface area contributed by atoms with E-state index in [4.69, 9.17) is 9.84 Å². The quantitative estimate of drug-likeness (QED) is 0.663. The van der Waals surface area contributed by atoms with E-state index in [1.165, 1.54) is 0 Å². The molecule has 2 aromatic rings. The van der Waals surface area contributed by atoms with Crippen molar-refractivity contribution in [3.05, 3.63) is 35.2 Å². The molecule has 0 aliphatic rings. The minimum absolute atomic E-state index is 0.168. The molecule has 20 heavy (non-hydrogen) atoms. The van der Waals surface area contributed by atoms with E-state index < -0.39 is 0 Å². The predicted molar refractivity (Wildman–Crippen MR) is 77.6 cm³/mol. The van der Waals surface area contributed by atoms with Crippen LogP contribution in [-0.4, -0.2) is 34.0 Å². The zero-order chi connectivity index (χ0) is 14.4. The Morgan fingerprint density at radius 1 is 1.45 bits per heavy atom. The van der Waals surface area contributed by atoms with Crippen LogP contribution >= 0.6 is 11.8 Å². The van der Waals surface area contributed by atoms with Gasteiger partial charge in [-0.3, -0.25) is 5.10 Å². The van der Waals surface area contributed by atoms with E-state index in [9.17, 15) is 0 Å². The van der Waals surface area contributed by atoms with Crippen molar-refractivity contribution in [3.8, 4) is 17.6 Å². The summed E-state index contributed by atoms with van der Waals surface area (Å²) in [4.78, 5) is 4.24. The Bertz CT molecular complexity index is 643. The summed E-state index contributed by atoms with van der Waals surface area (Å²) in [6, 6.07) is 5.81. The number of rotatable bonds is 4. The molecule has 5 nitrogen and oxygen atoms in total. The summed E-state index contributed by atoms with van der Waals surface area (Å²) in [5.41, 5.74) is 1.87. The third-order valence-corrected chi connectivity index (χ3v) is 3.43. The highest BCUT2D eigenvalue weighted by Gasteiger charge is 2.05. The van der Waals surface area contributed by atoms with E-state index >= 15 is 0 Å². The van der Waals surface area contributed by atoms with E-state index in [1.54, 1.807) is 18.9 Å². The smallest absolute Gasteiger partial charge is 0.208 e. The number of ether oxygens (including phenoxy) is 1. The maximum absolute atomic E-state index is 8.78. The molecule has 2 rings (SSSR count). The third kappa shape index (κ3) is 3.76. The number of aliphatic hydroxyl groups is 1. The summed E-state index contributed by atoms with van der Waals surface area (Å²) in [5, 5.41) is 16.4. The summed E-state index contributed by atoms with van der Waals surface area (Å²) in [5.74, 6) is 7.77. The molecule has 6 heteroatoms. The van der Waals surface area contributed by atoms with Crippen LogP contribution in [0.1, 0.15) is 17.0 Å². The number of nitrogens with one attached hydrogen (secondary N) is 1. The van der Waals surface area contributed by atoms with Crippen molar-refractivity contribution in [3.63, 3.8) is 0 Å². The fourth-order valence-electron chi connectivity index (χ4n) is 1.61. The van der Waals surface area contributed by atoms with Gasteiger partial charge in [0.2, 0.25) is 5.16 Å². The van der Waals surface area contributed by atoms with Crippen LogP contribution < -0.4 is 4.74 Å². The average molecular weight is 289 g/mol. The molecule has 0 saturated heterocycles. The Balaban J connectivity index is 2.12. The standard InChI is InChI=1S/C14H15N3O2S/c1-10-15-14(17-16-10)20-9-11-5-6-13(19-2)12(8-11)4-3-7-18/h5-6,8,18H,7,9H2,1-2H3,(H,15,16,17). The van der Waals surface area contributed by atoms with Crippen LogP contribution in [0.3, 0.4) is 0 Å². The molecule has 104 valence electrons. The summed E-state index contributed by atoms with van der Waals surface area (Å²) < 4.78 is 5.24. The first-order valence-electron chi connectivity index (χ1n) is 6.01. The van der Waals surface area contributed by atoms with E-state index in [0.29, 0.717) is 5.75 Å². The molecule has 0 unspecified atom stereocenters. The lowest BCUT2D eigenvalue weighted by Gasteiger charge is -2.05. The first-order valence-corrected chi connectivity index (χ1v) is 7.00. The lowest BCUT2D eigenvalue weighted by atomic mass is 10.1. The van der Waals surface area contributed by atoms with E-state index in [0.717, 1.165) is 27.9 Å². The highest BCUT2D eigenvalue weighted by Crippen LogP contribution is 2.24. The summed E-state index contributed by atoms with van der Waals surface area (Å²) in [7, 11) is 1.60. The number of aromatic nitrogens is 3. The summed E-state index contributed by atoms with van der Waals surface area (Å²) in [6.45, 7) is 1.70. The van der Waals surface area contributed by atoms with Crippen molar-refractivity contribution in [2.24, 2.45) is 0 Å². The minimum atomic E-state index is -0.168. The predicted octanol–water partition coefficient (Wildman–Crippen LogP) is 1.76. The van der Waals surface area contributed by atoms with Gasteiger partial charge < -0.3 is 9.84 Å². The van der Waals surface area contributed by atoms with Crippen LogP contribution in [0.25, 0.3) is 0 Å². The Kier molecular flexibility index (Phi) is 5.04. The van der Waals surface area contributed by atoms with Gasteiger partial charge in [0.1, 0.15) is 18.2 Å². The van der Waals surface area contributed by atoms with Crippen LogP contribution in [0.2, 0.25) is 0 Å². The molecule has 0 spiro atoms. The summed E-state index contributed by atoms with van der Waals surface area (Å²) >= 11 is 1.55. The molecule has 0 fully saturated rings. The highest BCUT2D eigenvalue weighted by molar-refractivity contribution is 7.98. The average Bonchev–Trinajstić information content (AvgIpc) is 2.88. The highest BCUT2D eigenvalue weighted by atomic mass is 32.2. The molecule has 0 aliphatic carbocycles. The minimum Gasteiger partial charge on any atom is -0.495 e. The van der Waals surface area contributed by atoms with E-state index in [1.807, 2.05) is 25.1 Å². The first kappa shape index (κ1) is 14.4. The fraction of sp³-hybridized carbons (Fsp3) is 0.286. The second-order valence-electron chi connectivity index (χ2n) is 3.99. The maximum Gasteiger partial charge on any atom is 0.208 e. The first-order chi connectivity index (χ1) is 9.72. The summed E-state index contributed by atoms with van der Waals surface area (Å²) in [6.07, 6.45) is 0. The SMILES string of the molecule is COc1ccc(CSc2n[nH]c(C)n2)cc1C#CCO. The van der Waals surface area contributed by atoms with Gasteiger partial charge in [-0.2, -0.15) is 0 Å². The number of aliphatic hydroxyl groups excluding tert-OH is 1. The lowest BCUT2D eigenvalue weighted by molar-refractivity contribution is 0.350. The molecule has 0 atom stereocenters. The number of benzene rings is 1. The number of hydrogen-bond donors (Lipinski definition) is 2. The molecule has 0 bridgehead atoms. The molecule has 1 heterocycles. The maximum atomic E-state index is 8.78. The molecule has 1 aromatic carbocycles. The van der Waals surface area contributed by atoms with Gasteiger partial charge in [-0.05, 0) is 24.6 Å². The van der Waals surface area contributed by atoms with Gasteiger partial charge >= 0.3 is 0 Å². The van der Waals surface area contributed by atoms with Crippen LogP contribution in [0, 0.1) is 18.8 Å². The Morgan fingerprint density at radius 3 is 2.95 bits per heavy atom. The Hall–Kier alpha value is -1.97. The van der Waals surface area contributed by atoms with Gasteiger partial charge in [0.15, 0.2) is 0 Å².